The van der Waals surface area contributed by atoms with E-state index in [9.17, 15) is 0 Å². The van der Waals surface area contributed by atoms with Gasteiger partial charge in [-0.1, -0.05) is 24.3 Å². The third-order valence-electron chi connectivity index (χ3n) is 7.24. The molecule has 8 rings (SSSR count). The van der Waals surface area contributed by atoms with E-state index in [4.69, 9.17) is 9.97 Å². The van der Waals surface area contributed by atoms with Gasteiger partial charge in [-0.15, -0.1) is 11.3 Å². The fourth-order valence-electron chi connectivity index (χ4n) is 5.72. The number of benzene rings is 3. The highest BCUT2D eigenvalue weighted by molar-refractivity contribution is 7.22. The molecular formula is C28H20N6S. The molecule has 0 amide bonds. The van der Waals surface area contributed by atoms with Crippen molar-refractivity contribution >= 4 is 54.0 Å². The highest BCUT2D eigenvalue weighted by Crippen LogP contribution is 2.43. The second-order valence-electron chi connectivity index (χ2n) is 9.39. The Hall–Kier alpha value is -4.10. The highest BCUT2D eigenvalue weighted by atomic mass is 32.1. The van der Waals surface area contributed by atoms with Crippen molar-refractivity contribution in [3.8, 4) is 21.7 Å². The van der Waals surface area contributed by atoms with E-state index >= 15 is 0 Å². The minimum atomic E-state index is 0.902. The molecule has 0 atom stereocenters. The minimum absolute atomic E-state index is 0.902. The lowest BCUT2D eigenvalue weighted by atomic mass is 9.91. The van der Waals surface area contributed by atoms with Crippen LogP contribution in [0.25, 0.3) is 64.4 Å². The van der Waals surface area contributed by atoms with E-state index in [0.717, 1.165) is 51.7 Å². The second kappa shape index (κ2) is 6.73. The summed E-state index contributed by atoms with van der Waals surface area (Å²) >= 11 is 1.89. The normalized spacial score (nSPS) is 13.2. The van der Waals surface area contributed by atoms with Crippen LogP contribution in [-0.4, -0.2) is 30.1 Å². The van der Waals surface area contributed by atoms with Gasteiger partial charge in [0.15, 0.2) is 0 Å². The van der Waals surface area contributed by atoms with Gasteiger partial charge >= 0.3 is 0 Å². The number of rotatable bonds is 1. The summed E-state index contributed by atoms with van der Waals surface area (Å²) in [6.45, 7) is 4.03. The number of aryl methyl sites for hydroxylation is 4. The predicted molar refractivity (Wildman–Crippen MR) is 142 cm³/mol. The number of aromatic nitrogens is 6. The van der Waals surface area contributed by atoms with E-state index in [2.05, 4.69) is 56.6 Å². The summed E-state index contributed by atoms with van der Waals surface area (Å²) in [5.74, 6) is 1.89. The van der Waals surface area contributed by atoms with Gasteiger partial charge in [-0.05, 0) is 60.7 Å². The Morgan fingerprint density at radius 1 is 0.800 bits per heavy atom. The summed E-state index contributed by atoms with van der Waals surface area (Å²) in [5.41, 5.74) is 8.35. The first kappa shape index (κ1) is 19.2. The van der Waals surface area contributed by atoms with Crippen LogP contribution in [0.4, 0.5) is 0 Å². The molecule has 1 aliphatic carbocycles. The van der Waals surface area contributed by atoms with Gasteiger partial charge in [0.05, 0.1) is 34.8 Å². The van der Waals surface area contributed by atoms with Crippen molar-refractivity contribution in [2.24, 2.45) is 0 Å². The van der Waals surface area contributed by atoms with E-state index in [-0.39, 0.29) is 0 Å². The van der Waals surface area contributed by atoms with Crippen molar-refractivity contribution in [3.05, 3.63) is 71.7 Å². The van der Waals surface area contributed by atoms with E-state index in [1.165, 1.54) is 48.4 Å². The van der Waals surface area contributed by atoms with Crippen LogP contribution in [0.2, 0.25) is 0 Å². The predicted octanol–water partition coefficient (Wildman–Crippen LogP) is 6.65. The number of nitrogens with one attached hydrogen (secondary N) is 2. The zero-order valence-corrected chi connectivity index (χ0v) is 20.0. The van der Waals surface area contributed by atoms with Gasteiger partial charge in [0.1, 0.15) is 11.6 Å². The number of hydrogen-bond acceptors (Lipinski definition) is 5. The van der Waals surface area contributed by atoms with Crippen LogP contribution in [-0.2, 0) is 12.8 Å². The Kier molecular flexibility index (Phi) is 3.70. The summed E-state index contributed by atoms with van der Waals surface area (Å²) < 4.78 is 1.38. The zero-order valence-electron chi connectivity index (χ0n) is 19.2. The quantitative estimate of drug-likeness (QED) is 0.262. The van der Waals surface area contributed by atoms with E-state index in [0.29, 0.717) is 0 Å². The lowest BCUT2D eigenvalue weighted by molar-refractivity contribution is 0.913. The molecule has 0 saturated heterocycles. The van der Waals surface area contributed by atoms with Crippen LogP contribution in [0.15, 0.2) is 48.8 Å². The molecule has 0 unspecified atom stereocenters. The molecule has 0 bridgehead atoms. The van der Waals surface area contributed by atoms with Crippen LogP contribution < -0.4 is 0 Å². The topological polar surface area (TPSA) is 83.1 Å². The van der Waals surface area contributed by atoms with Crippen molar-refractivity contribution in [2.45, 2.75) is 26.7 Å². The summed E-state index contributed by atoms with van der Waals surface area (Å²) in [5, 5.41) is 14.1. The Labute approximate surface area is 204 Å². The summed E-state index contributed by atoms with van der Waals surface area (Å²) in [6, 6.07) is 13.6. The average molecular weight is 473 g/mol. The van der Waals surface area contributed by atoms with Crippen molar-refractivity contribution in [1.82, 2.24) is 30.1 Å². The third-order valence-corrected chi connectivity index (χ3v) is 8.50. The zero-order chi connectivity index (χ0) is 23.3. The third kappa shape index (κ3) is 2.64. The van der Waals surface area contributed by atoms with Crippen LogP contribution >= 0.6 is 11.3 Å². The molecule has 6 nitrogen and oxygen atoms in total. The summed E-state index contributed by atoms with van der Waals surface area (Å²) in [4.78, 5) is 17.6. The molecule has 7 aromatic rings. The molecule has 1 aliphatic rings. The molecule has 7 heteroatoms. The average Bonchev–Trinajstić information content (AvgIpc) is 3.59. The van der Waals surface area contributed by atoms with Crippen molar-refractivity contribution in [1.29, 1.82) is 0 Å². The lowest BCUT2D eigenvalue weighted by Crippen LogP contribution is -2.03. The van der Waals surface area contributed by atoms with Crippen LogP contribution in [0.1, 0.15) is 22.9 Å². The Bertz CT molecular complexity index is 1990. The van der Waals surface area contributed by atoms with Gasteiger partial charge in [0.25, 0.3) is 0 Å². The monoisotopic (exact) mass is 472 g/mol. The smallest absolute Gasteiger partial charge is 0.104 e. The molecule has 0 aliphatic heterocycles. The number of H-pyrrole nitrogens is 2. The molecule has 35 heavy (non-hydrogen) atoms. The molecule has 168 valence electrons. The standard InChI is InChI=1S/C28H20N6S/c1-13-31-23-8-7-19-17(25(23)32-13)6-4-16-10-24(35-28(16)19)15-3-5-18-20(9-15)21-11-29-30-12-22(21)27-26(18)33-14(2)34-27/h3-6,9-12H,7-8H2,1-2H3,(H,31,32)(H,33,34). The lowest BCUT2D eigenvalue weighted by Gasteiger charge is -2.15. The van der Waals surface area contributed by atoms with Gasteiger partial charge in [-0.3, -0.25) is 0 Å². The van der Waals surface area contributed by atoms with Crippen molar-refractivity contribution < 1.29 is 0 Å². The SMILES string of the molecule is Cc1nc2c([nH]1)-c1ccc3cc(-c4ccc5c(c4)c4cnncc4c4nc(C)[nH]c54)sc3c1CC2. The maximum absolute atomic E-state index is 4.73. The van der Waals surface area contributed by atoms with Crippen molar-refractivity contribution in [3.63, 3.8) is 0 Å². The minimum Gasteiger partial charge on any atom is -0.342 e. The fourth-order valence-corrected chi connectivity index (χ4v) is 6.95. The molecule has 0 radical (unpaired) electrons. The number of aromatic amines is 2. The number of hydrogen-bond donors (Lipinski definition) is 2. The van der Waals surface area contributed by atoms with Gasteiger partial charge in [-0.25, -0.2) is 9.97 Å². The van der Waals surface area contributed by atoms with Crippen LogP contribution in [0, 0.1) is 13.8 Å². The van der Waals surface area contributed by atoms with E-state index in [1.54, 1.807) is 0 Å². The number of thiophene rings is 1. The molecule has 0 fully saturated rings. The molecule has 3 aromatic carbocycles. The molecule has 2 N–H and O–H groups in total. The molecule has 0 spiro atoms. The number of fused-ring (bicyclic) bond motifs is 11. The highest BCUT2D eigenvalue weighted by Gasteiger charge is 2.22. The van der Waals surface area contributed by atoms with Crippen molar-refractivity contribution in [2.75, 3.05) is 0 Å². The first-order valence-electron chi connectivity index (χ1n) is 11.8. The maximum atomic E-state index is 4.73. The Morgan fingerprint density at radius 3 is 2.57 bits per heavy atom. The summed E-state index contributed by atoms with van der Waals surface area (Å²) in [7, 11) is 0. The first-order chi connectivity index (χ1) is 17.1. The van der Waals surface area contributed by atoms with Crippen LogP contribution in [0.5, 0.6) is 0 Å². The fraction of sp³-hybridized carbons (Fsp3) is 0.143. The Morgan fingerprint density at radius 2 is 1.66 bits per heavy atom. The van der Waals surface area contributed by atoms with Gasteiger partial charge < -0.3 is 9.97 Å². The van der Waals surface area contributed by atoms with Gasteiger partial charge in [0.2, 0.25) is 0 Å². The van der Waals surface area contributed by atoms with Crippen LogP contribution in [0.3, 0.4) is 0 Å². The van der Waals surface area contributed by atoms with Gasteiger partial charge in [0, 0.05) is 31.3 Å². The molecule has 4 heterocycles. The second-order valence-corrected chi connectivity index (χ2v) is 10.4. The largest absolute Gasteiger partial charge is 0.342 e. The first-order valence-corrected chi connectivity index (χ1v) is 12.6. The molecule has 4 aromatic heterocycles. The van der Waals surface area contributed by atoms with Gasteiger partial charge in [-0.2, -0.15) is 10.2 Å². The summed E-state index contributed by atoms with van der Waals surface area (Å²) in [6.07, 6.45) is 5.70. The Balaban J connectivity index is 1.36. The maximum Gasteiger partial charge on any atom is 0.104 e. The number of nitrogens with zero attached hydrogens (tertiary/aromatic N) is 4. The van der Waals surface area contributed by atoms with E-state index < -0.39 is 0 Å². The molecular weight excluding hydrogens is 452 g/mol. The number of imidazole rings is 2. The van der Waals surface area contributed by atoms with E-state index in [1.807, 2.05) is 37.6 Å². The molecule has 0 saturated carbocycles.